The standard InChI is InChI=1S/C6H5O5S/c7-4-1-2-5(8)6(3-4)12(9,10)11/h2-3,7-8H,(H,9,10,11). The average Bonchev–Trinajstić information content (AvgIpc) is 1.92. The van der Waals surface area contributed by atoms with Gasteiger partial charge in [0.05, 0.1) is 0 Å². The Bertz CT molecular complexity index is 394. The highest BCUT2D eigenvalue weighted by atomic mass is 32.2. The third-order valence-electron chi connectivity index (χ3n) is 1.15. The van der Waals surface area contributed by atoms with Crippen molar-refractivity contribution in [3.63, 3.8) is 0 Å². The fourth-order valence-corrected chi connectivity index (χ4v) is 1.24. The molecule has 1 aromatic rings. The van der Waals surface area contributed by atoms with Gasteiger partial charge < -0.3 is 10.2 Å². The number of phenolic OH excluding ortho intramolecular Hbond substituents is 2. The molecule has 0 saturated carbocycles. The Balaban J connectivity index is 3.43. The van der Waals surface area contributed by atoms with Crippen LogP contribution in [-0.2, 0) is 10.1 Å². The molecule has 1 aromatic carbocycles. The van der Waals surface area contributed by atoms with E-state index in [1.165, 1.54) is 0 Å². The van der Waals surface area contributed by atoms with Gasteiger partial charge in [-0.25, -0.2) is 0 Å². The van der Waals surface area contributed by atoms with Crippen LogP contribution in [0.3, 0.4) is 0 Å². The largest absolute Gasteiger partial charge is 0.507 e. The lowest BCUT2D eigenvalue weighted by Gasteiger charge is -1.99. The number of rotatable bonds is 1. The third kappa shape index (κ3) is 1.66. The molecule has 1 rings (SSSR count). The van der Waals surface area contributed by atoms with Crippen molar-refractivity contribution in [1.82, 2.24) is 0 Å². The van der Waals surface area contributed by atoms with E-state index < -0.39 is 26.5 Å². The number of hydrogen-bond acceptors (Lipinski definition) is 4. The molecule has 0 saturated heterocycles. The zero-order valence-electron chi connectivity index (χ0n) is 5.72. The summed E-state index contributed by atoms with van der Waals surface area (Å²) in [6.07, 6.45) is 0. The second-order valence-electron chi connectivity index (χ2n) is 2.04. The molecule has 12 heavy (non-hydrogen) atoms. The summed E-state index contributed by atoms with van der Waals surface area (Å²) in [5.74, 6) is -1.13. The number of hydrogen-bond donors (Lipinski definition) is 3. The van der Waals surface area contributed by atoms with Gasteiger partial charge in [0.2, 0.25) is 0 Å². The summed E-state index contributed by atoms with van der Waals surface area (Å²) in [6.45, 7) is 0. The maximum absolute atomic E-state index is 10.5. The molecular weight excluding hydrogens is 184 g/mol. The molecule has 0 aliphatic heterocycles. The predicted octanol–water partition coefficient (Wildman–Crippen LogP) is 0.145. The van der Waals surface area contributed by atoms with Crippen LogP contribution in [0.15, 0.2) is 17.0 Å². The molecule has 0 amide bonds. The lowest BCUT2D eigenvalue weighted by molar-refractivity contribution is 0.432. The fraction of sp³-hybridized carbons (Fsp3) is 0. The zero-order valence-corrected chi connectivity index (χ0v) is 6.54. The highest BCUT2D eigenvalue weighted by Gasteiger charge is 2.15. The summed E-state index contributed by atoms with van der Waals surface area (Å²) in [7, 11) is -4.49. The summed E-state index contributed by atoms with van der Waals surface area (Å²) < 4.78 is 29.4. The second-order valence-corrected chi connectivity index (χ2v) is 3.43. The third-order valence-corrected chi connectivity index (χ3v) is 2.04. The van der Waals surface area contributed by atoms with Gasteiger partial charge in [-0.1, -0.05) is 0 Å². The van der Waals surface area contributed by atoms with Crippen LogP contribution in [0, 0.1) is 6.07 Å². The van der Waals surface area contributed by atoms with Gasteiger partial charge in [-0.15, -0.1) is 0 Å². The van der Waals surface area contributed by atoms with E-state index in [9.17, 15) is 8.42 Å². The summed E-state index contributed by atoms with van der Waals surface area (Å²) in [6, 6.07) is 3.69. The Labute approximate surface area is 68.6 Å². The summed E-state index contributed by atoms with van der Waals surface area (Å²) >= 11 is 0. The summed E-state index contributed by atoms with van der Waals surface area (Å²) in [5.41, 5.74) is 0. The molecule has 0 aliphatic carbocycles. The predicted molar refractivity (Wildman–Crippen MR) is 38.4 cm³/mol. The van der Waals surface area contributed by atoms with Gasteiger partial charge in [-0.3, -0.25) is 4.55 Å². The zero-order chi connectivity index (χ0) is 9.35. The maximum Gasteiger partial charge on any atom is 0.298 e. The first-order chi connectivity index (χ1) is 5.41. The van der Waals surface area contributed by atoms with Crippen molar-refractivity contribution in [1.29, 1.82) is 0 Å². The van der Waals surface area contributed by atoms with Gasteiger partial charge >= 0.3 is 0 Å². The maximum atomic E-state index is 10.5. The van der Waals surface area contributed by atoms with Gasteiger partial charge in [0, 0.05) is 12.1 Å². The van der Waals surface area contributed by atoms with E-state index in [1.54, 1.807) is 0 Å². The minimum absolute atomic E-state index is 0.472. The van der Waals surface area contributed by atoms with E-state index in [2.05, 4.69) is 6.07 Å². The van der Waals surface area contributed by atoms with Crippen LogP contribution in [0.5, 0.6) is 11.5 Å². The van der Waals surface area contributed by atoms with Crippen LogP contribution in [-0.4, -0.2) is 23.2 Å². The van der Waals surface area contributed by atoms with Crippen LogP contribution in [0.4, 0.5) is 0 Å². The van der Waals surface area contributed by atoms with E-state index in [4.69, 9.17) is 14.8 Å². The summed E-state index contributed by atoms with van der Waals surface area (Å²) in [4.78, 5) is -0.737. The minimum atomic E-state index is -4.49. The lowest BCUT2D eigenvalue weighted by atomic mass is 10.3. The molecule has 0 atom stereocenters. The monoisotopic (exact) mass is 189 g/mol. The molecule has 3 N–H and O–H groups in total. The molecule has 0 aliphatic rings. The van der Waals surface area contributed by atoms with Crippen LogP contribution in [0.1, 0.15) is 0 Å². The van der Waals surface area contributed by atoms with Crippen molar-refractivity contribution in [2.75, 3.05) is 0 Å². The molecule has 0 heterocycles. The SMILES string of the molecule is O=S(=O)(O)c1cc(O)[c]cc1O. The molecule has 0 aromatic heterocycles. The Kier molecular flexibility index (Phi) is 1.95. The van der Waals surface area contributed by atoms with E-state index in [-0.39, 0.29) is 0 Å². The van der Waals surface area contributed by atoms with Crippen molar-refractivity contribution >= 4 is 10.1 Å². The molecule has 0 spiro atoms. The van der Waals surface area contributed by atoms with Crippen LogP contribution < -0.4 is 0 Å². The van der Waals surface area contributed by atoms with E-state index in [1.807, 2.05) is 0 Å². The van der Waals surface area contributed by atoms with Crippen molar-refractivity contribution in [2.24, 2.45) is 0 Å². The van der Waals surface area contributed by atoms with Gasteiger partial charge in [0.15, 0.2) is 0 Å². The summed E-state index contributed by atoms with van der Waals surface area (Å²) in [5, 5.41) is 17.6. The fourth-order valence-electron chi connectivity index (χ4n) is 0.660. The lowest BCUT2D eigenvalue weighted by Crippen LogP contribution is -1.97. The number of benzene rings is 1. The Morgan fingerprint density at radius 3 is 2.33 bits per heavy atom. The minimum Gasteiger partial charge on any atom is -0.507 e. The van der Waals surface area contributed by atoms with Crippen molar-refractivity contribution in [3.05, 3.63) is 18.2 Å². The molecule has 0 bridgehead atoms. The first-order valence-electron chi connectivity index (χ1n) is 2.82. The molecular formula is C6H5O5S. The van der Waals surface area contributed by atoms with Crippen molar-refractivity contribution < 1.29 is 23.2 Å². The van der Waals surface area contributed by atoms with Gasteiger partial charge in [-0.05, 0) is 6.07 Å². The van der Waals surface area contributed by atoms with Crippen LogP contribution >= 0.6 is 0 Å². The number of aromatic hydroxyl groups is 2. The molecule has 1 radical (unpaired) electrons. The number of phenols is 2. The second kappa shape index (κ2) is 2.65. The topological polar surface area (TPSA) is 94.8 Å². The molecule has 5 nitrogen and oxygen atoms in total. The Morgan fingerprint density at radius 2 is 1.92 bits per heavy atom. The molecule has 0 fully saturated rings. The van der Waals surface area contributed by atoms with Gasteiger partial charge in [-0.2, -0.15) is 8.42 Å². The quantitative estimate of drug-likeness (QED) is 0.431. The van der Waals surface area contributed by atoms with Crippen LogP contribution in [0.25, 0.3) is 0 Å². The van der Waals surface area contributed by atoms with E-state index in [0.717, 1.165) is 6.07 Å². The van der Waals surface area contributed by atoms with Gasteiger partial charge in [0.25, 0.3) is 10.1 Å². The molecule has 6 heteroatoms. The Morgan fingerprint density at radius 1 is 1.33 bits per heavy atom. The van der Waals surface area contributed by atoms with Crippen molar-refractivity contribution in [3.8, 4) is 11.5 Å². The average molecular weight is 189 g/mol. The first kappa shape index (κ1) is 8.82. The smallest absolute Gasteiger partial charge is 0.298 e. The van der Waals surface area contributed by atoms with Crippen molar-refractivity contribution in [2.45, 2.75) is 4.90 Å². The molecule has 65 valence electrons. The normalized spacial score (nSPS) is 11.4. The van der Waals surface area contributed by atoms with E-state index in [0.29, 0.717) is 6.07 Å². The van der Waals surface area contributed by atoms with Gasteiger partial charge in [0.1, 0.15) is 16.4 Å². The highest BCUT2D eigenvalue weighted by molar-refractivity contribution is 7.86. The highest BCUT2D eigenvalue weighted by Crippen LogP contribution is 2.25. The molecule has 0 unspecified atom stereocenters. The first-order valence-corrected chi connectivity index (χ1v) is 4.26. The van der Waals surface area contributed by atoms with Crippen LogP contribution in [0.2, 0.25) is 0 Å². The Hall–Kier alpha value is -1.27. The van der Waals surface area contributed by atoms with E-state index >= 15 is 0 Å².